The van der Waals surface area contributed by atoms with Gasteiger partial charge in [0, 0.05) is 12.5 Å². The van der Waals surface area contributed by atoms with E-state index in [9.17, 15) is 18.3 Å². The van der Waals surface area contributed by atoms with Gasteiger partial charge in [-0.3, -0.25) is 0 Å². The van der Waals surface area contributed by atoms with Crippen LogP contribution in [0, 0.1) is 17.5 Å². The van der Waals surface area contributed by atoms with Gasteiger partial charge in [0.15, 0.2) is 0 Å². The van der Waals surface area contributed by atoms with Crippen molar-refractivity contribution in [3.8, 4) is 0 Å². The maximum atomic E-state index is 13.1. The monoisotopic (exact) mass is 266 g/mol. The third-order valence-electron chi connectivity index (χ3n) is 2.94. The van der Waals surface area contributed by atoms with Crippen LogP contribution in [0.4, 0.5) is 13.2 Å². The number of aliphatic hydroxyl groups is 1. The maximum Gasteiger partial charge on any atom is 0.126 e. The highest BCUT2D eigenvalue weighted by molar-refractivity contribution is 5.27. The van der Waals surface area contributed by atoms with Crippen molar-refractivity contribution in [1.29, 1.82) is 0 Å². The molecule has 0 fully saturated rings. The molecular formula is C15H13F3O. The third kappa shape index (κ3) is 3.35. The van der Waals surface area contributed by atoms with Crippen molar-refractivity contribution in [2.75, 3.05) is 0 Å². The van der Waals surface area contributed by atoms with Crippen molar-refractivity contribution in [2.24, 2.45) is 0 Å². The van der Waals surface area contributed by atoms with Gasteiger partial charge >= 0.3 is 0 Å². The normalized spacial score (nSPS) is 14.2. The molecule has 0 aliphatic rings. The lowest BCUT2D eigenvalue weighted by Crippen LogP contribution is -2.24. The fraction of sp³-hybridized carbons (Fsp3) is 0.200. The second-order valence-corrected chi connectivity index (χ2v) is 4.74. The number of rotatable bonds is 3. The quantitative estimate of drug-likeness (QED) is 0.900. The van der Waals surface area contributed by atoms with Gasteiger partial charge in [0.2, 0.25) is 0 Å². The Morgan fingerprint density at radius 1 is 0.895 bits per heavy atom. The molecule has 0 amide bonds. The van der Waals surface area contributed by atoms with Gasteiger partial charge in [-0.1, -0.05) is 12.1 Å². The van der Waals surface area contributed by atoms with Crippen LogP contribution in [0.2, 0.25) is 0 Å². The topological polar surface area (TPSA) is 20.2 Å². The van der Waals surface area contributed by atoms with Crippen LogP contribution in [0.1, 0.15) is 18.1 Å². The molecule has 0 heterocycles. The fourth-order valence-electron chi connectivity index (χ4n) is 2.02. The van der Waals surface area contributed by atoms with Crippen LogP contribution in [-0.2, 0) is 12.0 Å². The highest BCUT2D eigenvalue weighted by Crippen LogP contribution is 2.26. The van der Waals surface area contributed by atoms with Gasteiger partial charge in [0.25, 0.3) is 0 Å². The van der Waals surface area contributed by atoms with Gasteiger partial charge < -0.3 is 5.11 Å². The maximum absolute atomic E-state index is 13.1. The van der Waals surface area contributed by atoms with E-state index in [0.717, 1.165) is 6.07 Å². The Balaban J connectivity index is 2.27. The Kier molecular flexibility index (Phi) is 3.62. The summed E-state index contributed by atoms with van der Waals surface area (Å²) in [5, 5.41) is 10.3. The molecule has 0 bridgehead atoms. The molecule has 100 valence electrons. The summed E-state index contributed by atoms with van der Waals surface area (Å²) < 4.78 is 39.0. The molecule has 2 rings (SSSR count). The zero-order valence-corrected chi connectivity index (χ0v) is 10.3. The van der Waals surface area contributed by atoms with Crippen molar-refractivity contribution in [2.45, 2.75) is 18.9 Å². The number of hydrogen-bond acceptors (Lipinski definition) is 1. The molecule has 1 atom stereocenters. The SMILES string of the molecule is CC(O)(Cc1cc(F)cc(F)c1)c1ccc(F)cc1. The van der Waals surface area contributed by atoms with E-state index in [1.165, 1.54) is 43.3 Å². The zero-order valence-electron chi connectivity index (χ0n) is 10.3. The Morgan fingerprint density at radius 3 is 1.95 bits per heavy atom. The summed E-state index contributed by atoms with van der Waals surface area (Å²) in [7, 11) is 0. The molecule has 0 saturated heterocycles. The lowest BCUT2D eigenvalue weighted by atomic mass is 9.89. The molecule has 0 radical (unpaired) electrons. The van der Waals surface area contributed by atoms with Crippen molar-refractivity contribution >= 4 is 0 Å². The smallest absolute Gasteiger partial charge is 0.126 e. The fourth-order valence-corrected chi connectivity index (χ4v) is 2.02. The second kappa shape index (κ2) is 5.05. The minimum absolute atomic E-state index is 0.0350. The van der Waals surface area contributed by atoms with Crippen LogP contribution >= 0.6 is 0 Å². The van der Waals surface area contributed by atoms with Gasteiger partial charge in [-0.15, -0.1) is 0 Å². The van der Waals surface area contributed by atoms with Gasteiger partial charge in [-0.2, -0.15) is 0 Å². The molecule has 1 nitrogen and oxygen atoms in total. The Labute approximate surface area is 109 Å². The van der Waals surface area contributed by atoms with Crippen molar-refractivity contribution < 1.29 is 18.3 Å². The van der Waals surface area contributed by atoms with E-state index in [-0.39, 0.29) is 6.42 Å². The summed E-state index contributed by atoms with van der Waals surface area (Å²) in [4.78, 5) is 0. The minimum atomic E-state index is -1.33. The van der Waals surface area contributed by atoms with Crippen LogP contribution in [0.15, 0.2) is 42.5 Å². The van der Waals surface area contributed by atoms with E-state index >= 15 is 0 Å². The van der Waals surface area contributed by atoms with Gasteiger partial charge in [0.05, 0.1) is 5.60 Å². The van der Waals surface area contributed by atoms with E-state index in [4.69, 9.17) is 0 Å². The Morgan fingerprint density at radius 2 is 1.42 bits per heavy atom. The van der Waals surface area contributed by atoms with E-state index < -0.39 is 23.1 Å². The van der Waals surface area contributed by atoms with Crippen molar-refractivity contribution in [1.82, 2.24) is 0 Å². The van der Waals surface area contributed by atoms with Gasteiger partial charge in [0.1, 0.15) is 17.5 Å². The van der Waals surface area contributed by atoms with Crippen LogP contribution in [0.5, 0.6) is 0 Å². The molecule has 0 aliphatic carbocycles. The minimum Gasteiger partial charge on any atom is -0.385 e. The number of halogens is 3. The largest absolute Gasteiger partial charge is 0.385 e. The van der Waals surface area contributed by atoms with Gasteiger partial charge in [-0.25, -0.2) is 13.2 Å². The van der Waals surface area contributed by atoms with E-state index in [2.05, 4.69) is 0 Å². The lowest BCUT2D eigenvalue weighted by molar-refractivity contribution is 0.0574. The molecule has 0 spiro atoms. The van der Waals surface area contributed by atoms with Crippen LogP contribution in [0.3, 0.4) is 0 Å². The molecule has 2 aromatic rings. The number of hydrogen-bond donors (Lipinski definition) is 1. The Hall–Kier alpha value is -1.81. The molecule has 2 aromatic carbocycles. The molecule has 0 aliphatic heterocycles. The van der Waals surface area contributed by atoms with E-state index in [1.54, 1.807) is 0 Å². The summed E-state index contributed by atoms with van der Waals surface area (Å²) in [6.45, 7) is 1.52. The summed E-state index contributed by atoms with van der Waals surface area (Å²) >= 11 is 0. The predicted octanol–water partition coefficient (Wildman–Crippen LogP) is 3.55. The van der Waals surface area contributed by atoms with Crippen LogP contribution in [0.25, 0.3) is 0 Å². The molecule has 1 N–H and O–H groups in total. The first-order valence-electron chi connectivity index (χ1n) is 5.80. The Bertz CT molecular complexity index is 556. The van der Waals surface area contributed by atoms with Crippen molar-refractivity contribution in [3.63, 3.8) is 0 Å². The highest BCUT2D eigenvalue weighted by Gasteiger charge is 2.24. The first-order chi connectivity index (χ1) is 8.87. The molecule has 4 heteroatoms. The van der Waals surface area contributed by atoms with E-state index in [1.807, 2.05) is 0 Å². The highest BCUT2D eigenvalue weighted by atomic mass is 19.1. The zero-order chi connectivity index (χ0) is 14.0. The van der Waals surface area contributed by atoms with Gasteiger partial charge in [-0.05, 0) is 42.3 Å². The first kappa shape index (κ1) is 13.6. The number of benzene rings is 2. The average molecular weight is 266 g/mol. The van der Waals surface area contributed by atoms with Crippen LogP contribution < -0.4 is 0 Å². The van der Waals surface area contributed by atoms with E-state index in [0.29, 0.717) is 11.1 Å². The summed E-state index contributed by atoms with van der Waals surface area (Å²) in [5.74, 6) is -1.79. The summed E-state index contributed by atoms with van der Waals surface area (Å²) in [6.07, 6.45) is 0.0350. The molecule has 0 saturated carbocycles. The molecule has 1 unspecified atom stereocenters. The second-order valence-electron chi connectivity index (χ2n) is 4.74. The summed E-state index contributed by atoms with van der Waals surface area (Å²) in [6, 6.07) is 8.47. The standard InChI is InChI=1S/C15H13F3O/c1-15(19,11-2-4-12(16)5-3-11)9-10-6-13(17)8-14(18)7-10/h2-8,19H,9H2,1H3. The molecular weight excluding hydrogens is 253 g/mol. The predicted molar refractivity (Wildman–Crippen MR) is 66.0 cm³/mol. The average Bonchev–Trinajstić information content (AvgIpc) is 2.27. The molecule has 19 heavy (non-hydrogen) atoms. The first-order valence-corrected chi connectivity index (χ1v) is 5.80. The third-order valence-corrected chi connectivity index (χ3v) is 2.94. The summed E-state index contributed by atoms with van der Waals surface area (Å²) in [5.41, 5.74) is -0.501. The molecule has 0 aromatic heterocycles. The lowest BCUT2D eigenvalue weighted by Gasteiger charge is -2.24. The van der Waals surface area contributed by atoms with Crippen LogP contribution in [-0.4, -0.2) is 5.11 Å². The van der Waals surface area contributed by atoms with Crippen molar-refractivity contribution in [3.05, 3.63) is 71.0 Å².